The number of thiol groups is 2. The zero-order valence-corrected chi connectivity index (χ0v) is 18.8. The predicted molar refractivity (Wildman–Crippen MR) is 76.3 cm³/mol. The van der Waals surface area contributed by atoms with Crippen LogP contribution in [0, 0.1) is 0 Å². The van der Waals surface area contributed by atoms with E-state index in [0.717, 1.165) is 25.0 Å². The van der Waals surface area contributed by atoms with E-state index in [1.807, 2.05) is 0 Å². The number of amides is 1. The van der Waals surface area contributed by atoms with Crippen LogP contribution in [0.5, 0.6) is 0 Å². The number of aliphatic carboxylic acids is 2. The molecule has 2 atom stereocenters. The zero-order chi connectivity index (χ0) is 15.5. The number of carbonyl (C=O) groups is 3. The largest absolute Gasteiger partial charge is 1.00 e. The molecular weight excluding hydrogens is 348 g/mol. The number of carboxylic acids is 2. The van der Waals surface area contributed by atoms with E-state index in [-0.39, 0.29) is 70.8 Å². The Balaban J connectivity index is -0.00000180. The first kappa shape index (κ1) is 27.9. The van der Waals surface area contributed by atoms with E-state index >= 15 is 0 Å². The maximum atomic E-state index is 11.5. The van der Waals surface area contributed by atoms with E-state index in [0.29, 0.717) is 6.42 Å². The van der Waals surface area contributed by atoms with E-state index in [4.69, 9.17) is 0 Å². The number of hydrogen-bond donors (Lipinski definition) is 3. The molecule has 6 nitrogen and oxygen atoms in total. The second-order valence-corrected chi connectivity index (χ2v) is 5.60. The van der Waals surface area contributed by atoms with Crippen molar-refractivity contribution < 1.29 is 83.7 Å². The number of unbranched alkanes of at least 4 members (excludes halogenated alkanes) is 1. The van der Waals surface area contributed by atoms with Crippen molar-refractivity contribution in [2.75, 3.05) is 5.75 Å². The molecule has 0 saturated heterocycles. The first-order valence-corrected chi connectivity index (χ1v) is 7.50. The van der Waals surface area contributed by atoms with Gasteiger partial charge in [-0.25, -0.2) is 0 Å². The Labute approximate surface area is 186 Å². The standard InChI is InChI=1S/C12H21NO5S2.2Na/c14-10(4-2-1-3-8(20)5-6-19)13-9(12(17)18)7-11(15)16;;/h8-9,19-20H,1-7H2,(H,13,14)(H,15,16)(H,17,18);;/q;2*+1/p-2/t8?,9-;;/m0../s1. The van der Waals surface area contributed by atoms with Gasteiger partial charge in [0.15, 0.2) is 0 Å². The fourth-order valence-corrected chi connectivity index (χ4v) is 2.41. The molecule has 0 aromatic heterocycles. The SMILES string of the molecule is O=C([O-])C[C@H](NC(=O)CCCCC(S)CCS)C(=O)[O-].[Na+].[Na+]. The van der Waals surface area contributed by atoms with Crippen LogP contribution < -0.4 is 74.6 Å². The summed E-state index contributed by atoms with van der Waals surface area (Å²) in [5.74, 6) is -2.94. The fraction of sp³-hybridized carbons (Fsp3) is 0.750. The smallest absolute Gasteiger partial charge is 0.550 e. The minimum Gasteiger partial charge on any atom is -0.550 e. The minimum atomic E-state index is -1.63. The van der Waals surface area contributed by atoms with Gasteiger partial charge in [0.2, 0.25) is 5.91 Å². The number of carboxylic acid groups (broad SMARTS) is 2. The summed E-state index contributed by atoms with van der Waals surface area (Å²) in [7, 11) is 0. The maximum absolute atomic E-state index is 11.5. The van der Waals surface area contributed by atoms with Crippen LogP contribution in [0.1, 0.15) is 38.5 Å². The Kier molecular flexibility index (Phi) is 21.5. The summed E-state index contributed by atoms with van der Waals surface area (Å²) in [6.45, 7) is 0. The number of carbonyl (C=O) groups excluding carboxylic acids is 3. The molecule has 0 aliphatic carbocycles. The van der Waals surface area contributed by atoms with Gasteiger partial charge in [-0.1, -0.05) is 6.42 Å². The van der Waals surface area contributed by atoms with Crippen molar-refractivity contribution >= 4 is 43.1 Å². The molecule has 0 spiro atoms. The molecule has 22 heavy (non-hydrogen) atoms. The summed E-state index contributed by atoms with van der Waals surface area (Å²) >= 11 is 8.44. The Hall–Kier alpha value is 1.11. The van der Waals surface area contributed by atoms with Gasteiger partial charge in [-0.15, -0.1) is 0 Å². The average molecular weight is 367 g/mol. The van der Waals surface area contributed by atoms with Crippen LogP contribution in [0.4, 0.5) is 0 Å². The molecule has 1 unspecified atom stereocenters. The Morgan fingerprint density at radius 3 is 2.09 bits per heavy atom. The number of hydrogen-bond acceptors (Lipinski definition) is 7. The number of rotatable bonds is 11. The van der Waals surface area contributed by atoms with Crippen LogP contribution in [-0.4, -0.2) is 34.9 Å². The van der Waals surface area contributed by atoms with Gasteiger partial charge in [-0.3, -0.25) is 4.79 Å². The first-order chi connectivity index (χ1) is 9.36. The molecule has 0 radical (unpaired) electrons. The summed E-state index contributed by atoms with van der Waals surface area (Å²) < 4.78 is 0. The predicted octanol–water partition coefficient (Wildman–Crippen LogP) is -7.45. The maximum Gasteiger partial charge on any atom is 1.00 e. The molecule has 116 valence electrons. The molecule has 0 heterocycles. The van der Waals surface area contributed by atoms with E-state index in [2.05, 4.69) is 30.6 Å². The number of nitrogens with one attached hydrogen (secondary N) is 1. The molecule has 0 aliphatic heterocycles. The molecule has 0 fully saturated rings. The molecule has 0 bridgehead atoms. The topological polar surface area (TPSA) is 109 Å². The molecule has 0 aromatic rings. The summed E-state index contributed by atoms with van der Waals surface area (Å²) in [5.41, 5.74) is 0. The van der Waals surface area contributed by atoms with Crippen LogP contribution in [0.15, 0.2) is 0 Å². The van der Waals surface area contributed by atoms with E-state index in [1.54, 1.807) is 0 Å². The summed E-state index contributed by atoms with van der Waals surface area (Å²) in [6.07, 6.45) is 2.44. The van der Waals surface area contributed by atoms with Gasteiger partial charge in [0.05, 0.1) is 12.0 Å². The monoisotopic (exact) mass is 367 g/mol. The summed E-state index contributed by atoms with van der Waals surface area (Å²) in [5, 5.41) is 23.3. The van der Waals surface area contributed by atoms with Gasteiger partial charge < -0.3 is 25.1 Å². The van der Waals surface area contributed by atoms with Crippen molar-refractivity contribution in [2.45, 2.75) is 49.8 Å². The normalized spacial score (nSPS) is 12.3. The molecule has 0 aromatic carbocycles. The van der Waals surface area contributed by atoms with Crippen LogP contribution in [0.3, 0.4) is 0 Å². The molecule has 0 saturated carbocycles. The summed E-state index contributed by atoms with van der Waals surface area (Å²) in [6, 6.07) is -1.55. The third kappa shape index (κ3) is 16.0. The Bertz CT molecular complexity index is 347. The molecule has 1 amide bonds. The van der Waals surface area contributed by atoms with Crippen LogP contribution in [0.2, 0.25) is 0 Å². The third-order valence-corrected chi connectivity index (χ3v) is 3.42. The molecule has 10 heteroatoms. The molecule has 0 aliphatic rings. The Morgan fingerprint density at radius 1 is 1.05 bits per heavy atom. The summed E-state index contributed by atoms with van der Waals surface area (Å²) in [4.78, 5) is 32.4. The van der Waals surface area contributed by atoms with E-state index in [9.17, 15) is 24.6 Å². The van der Waals surface area contributed by atoms with E-state index < -0.39 is 30.3 Å². The van der Waals surface area contributed by atoms with Crippen molar-refractivity contribution in [1.29, 1.82) is 0 Å². The van der Waals surface area contributed by atoms with Crippen molar-refractivity contribution in [3.8, 4) is 0 Å². The van der Waals surface area contributed by atoms with Crippen LogP contribution in [-0.2, 0) is 14.4 Å². The van der Waals surface area contributed by atoms with Gasteiger partial charge in [-0.2, -0.15) is 25.3 Å². The molecule has 1 N–H and O–H groups in total. The van der Waals surface area contributed by atoms with Gasteiger partial charge in [-0.05, 0) is 25.0 Å². The van der Waals surface area contributed by atoms with E-state index in [1.165, 1.54) is 0 Å². The van der Waals surface area contributed by atoms with Crippen molar-refractivity contribution in [2.24, 2.45) is 0 Å². The molecular formula is C12H19NNa2O5S2. The van der Waals surface area contributed by atoms with Crippen molar-refractivity contribution in [3.05, 3.63) is 0 Å². The second-order valence-electron chi connectivity index (χ2n) is 4.43. The minimum absolute atomic E-state index is 0. The van der Waals surface area contributed by atoms with Gasteiger partial charge in [0, 0.05) is 24.1 Å². The van der Waals surface area contributed by atoms with Crippen LogP contribution >= 0.6 is 25.3 Å². The van der Waals surface area contributed by atoms with Gasteiger partial charge in [0.1, 0.15) is 0 Å². The second kappa shape index (κ2) is 17.0. The van der Waals surface area contributed by atoms with Gasteiger partial charge in [0.25, 0.3) is 0 Å². The third-order valence-electron chi connectivity index (χ3n) is 2.64. The average Bonchev–Trinajstić information content (AvgIpc) is 2.33. The van der Waals surface area contributed by atoms with Crippen molar-refractivity contribution in [1.82, 2.24) is 5.32 Å². The van der Waals surface area contributed by atoms with Crippen molar-refractivity contribution in [3.63, 3.8) is 0 Å². The zero-order valence-electron chi connectivity index (χ0n) is 13.0. The fourth-order valence-electron chi connectivity index (χ4n) is 1.59. The van der Waals surface area contributed by atoms with Crippen LogP contribution in [0.25, 0.3) is 0 Å². The quantitative estimate of drug-likeness (QED) is 0.191. The molecule has 0 rings (SSSR count). The Morgan fingerprint density at radius 2 is 1.64 bits per heavy atom. The van der Waals surface area contributed by atoms with Gasteiger partial charge >= 0.3 is 59.1 Å². The first-order valence-electron chi connectivity index (χ1n) is 6.35.